The Morgan fingerprint density at radius 3 is 2.95 bits per heavy atom. The van der Waals surface area contributed by atoms with Crippen LogP contribution >= 0.6 is 0 Å². The van der Waals surface area contributed by atoms with Gasteiger partial charge in [-0.15, -0.1) is 5.10 Å². The van der Waals surface area contributed by atoms with Crippen LogP contribution in [0.1, 0.15) is 23.2 Å². The van der Waals surface area contributed by atoms with E-state index in [9.17, 15) is 13.6 Å². The molecule has 0 atom stereocenters. The Labute approximate surface area is 113 Å². The van der Waals surface area contributed by atoms with Crippen molar-refractivity contribution in [2.75, 3.05) is 6.54 Å². The first-order valence-electron chi connectivity index (χ1n) is 6.24. The maximum atomic E-state index is 12.8. The van der Waals surface area contributed by atoms with Crippen LogP contribution in [0.3, 0.4) is 0 Å². The van der Waals surface area contributed by atoms with E-state index in [0.29, 0.717) is 29.6 Å². The summed E-state index contributed by atoms with van der Waals surface area (Å²) in [6.45, 7) is -0.0203. The Morgan fingerprint density at radius 2 is 2.30 bits per heavy atom. The molecule has 2 heterocycles. The summed E-state index contributed by atoms with van der Waals surface area (Å²) >= 11 is 0. The van der Waals surface area contributed by atoms with Gasteiger partial charge in [0.25, 0.3) is 5.91 Å². The predicted octanol–water partition coefficient (Wildman–Crippen LogP) is 1.14. The Hall–Kier alpha value is -2.12. The molecule has 1 aliphatic carbocycles. The zero-order valence-corrected chi connectivity index (χ0v) is 10.8. The lowest BCUT2D eigenvalue weighted by Gasteiger charge is -2.14. The fraction of sp³-hybridized carbons (Fsp3) is 0.500. The Bertz CT molecular complexity index is 665. The number of hydrogen-bond acceptors (Lipinski definition) is 4. The number of hydrogen-bond donors (Lipinski definition) is 1. The van der Waals surface area contributed by atoms with Gasteiger partial charge in [0.2, 0.25) is 6.43 Å². The van der Waals surface area contributed by atoms with Crippen molar-refractivity contribution in [2.45, 2.75) is 19.3 Å². The molecule has 106 valence electrons. The number of rotatable bonds is 4. The summed E-state index contributed by atoms with van der Waals surface area (Å²) in [7, 11) is 1.67. The molecule has 1 fully saturated rings. The van der Waals surface area contributed by atoms with Gasteiger partial charge in [0.15, 0.2) is 5.65 Å². The first-order chi connectivity index (χ1) is 9.53. The fourth-order valence-electron chi connectivity index (χ4n) is 2.10. The second kappa shape index (κ2) is 4.46. The monoisotopic (exact) mass is 281 g/mol. The molecule has 0 spiro atoms. The van der Waals surface area contributed by atoms with Gasteiger partial charge in [-0.25, -0.2) is 18.4 Å². The number of pyridine rings is 1. The van der Waals surface area contributed by atoms with Crippen LogP contribution in [0, 0.1) is 5.41 Å². The normalized spacial score (nSPS) is 16.6. The summed E-state index contributed by atoms with van der Waals surface area (Å²) in [6.07, 6.45) is -0.0404. The molecule has 0 bridgehead atoms. The van der Waals surface area contributed by atoms with E-state index in [1.54, 1.807) is 7.05 Å². The number of aromatic nitrogens is 4. The second-order valence-corrected chi connectivity index (χ2v) is 5.09. The fourth-order valence-corrected chi connectivity index (χ4v) is 2.10. The Kier molecular flexibility index (Phi) is 2.88. The third-order valence-electron chi connectivity index (χ3n) is 3.69. The summed E-state index contributed by atoms with van der Waals surface area (Å²) in [5.74, 6) is -0.426. The highest BCUT2D eigenvalue weighted by molar-refractivity contribution is 6.03. The molecular weight excluding hydrogens is 268 g/mol. The largest absolute Gasteiger partial charge is 0.351 e. The van der Waals surface area contributed by atoms with Crippen molar-refractivity contribution in [1.82, 2.24) is 25.3 Å². The summed E-state index contributed by atoms with van der Waals surface area (Å²) in [4.78, 5) is 16.2. The van der Waals surface area contributed by atoms with E-state index in [1.807, 2.05) is 0 Å². The topological polar surface area (TPSA) is 72.7 Å². The van der Waals surface area contributed by atoms with Crippen LogP contribution in [0.4, 0.5) is 8.78 Å². The standard InChI is InChI=1S/C12H13F2N5O/c1-19-9-8(17-18-19)7(2-5-15-9)10(20)16-6-12(3-4-12)11(13)14/h2,5,11H,3-4,6H2,1H3,(H,16,20). The number of nitrogens with zero attached hydrogens (tertiary/aromatic N) is 4. The molecule has 0 radical (unpaired) electrons. The van der Waals surface area contributed by atoms with E-state index < -0.39 is 17.7 Å². The van der Waals surface area contributed by atoms with Crippen LogP contribution in [-0.4, -0.2) is 38.9 Å². The van der Waals surface area contributed by atoms with Gasteiger partial charge in [-0.05, 0) is 18.9 Å². The zero-order valence-electron chi connectivity index (χ0n) is 10.8. The van der Waals surface area contributed by atoms with Crippen molar-refractivity contribution < 1.29 is 13.6 Å². The number of fused-ring (bicyclic) bond motifs is 1. The van der Waals surface area contributed by atoms with Crippen molar-refractivity contribution in [3.8, 4) is 0 Å². The number of carbonyl (C=O) groups excluding carboxylic acids is 1. The summed E-state index contributed by atoms with van der Waals surface area (Å²) in [6, 6.07) is 1.51. The lowest BCUT2D eigenvalue weighted by molar-refractivity contribution is 0.0589. The van der Waals surface area contributed by atoms with Gasteiger partial charge >= 0.3 is 0 Å². The quantitative estimate of drug-likeness (QED) is 0.912. The Balaban J connectivity index is 1.79. The van der Waals surface area contributed by atoms with E-state index in [4.69, 9.17) is 0 Å². The van der Waals surface area contributed by atoms with Crippen molar-refractivity contribution in [1.29, 1.82) is 0 Å². The third-order valence-corrected chi connectivity index (χ3v) is 3.69. The number of nitrogens with one attached hydrogen (secondary N) is 1. The molecule has 1 N–H and O–H groups in total. The molecule has 2 aromatic rings. The minimum Gasteiger partial charge on any atom is -0.351 e. The molecule has 6 nitrogen and oxygen atoms in total. The first-order valence-corrected chi connectivity index (χ1v) is 6.24. The average molecular weight is 281 g/mol. The second-order valence-electron chi connectivity index (χ2n) is 5.09. The number of aryl methyl sites for hydroxylation is 1. The average Bonchev–Trinajstić information content (AvgIpc) is 3.15. The minimum atomic E-state index is -2.41. The highest BCUT2D eigenvalue weighted by Crippen LogP contribution is 2.50. The smallest absolute Gasteiger partial charge is 0.253 e. The van der Waals surface area contributed by atoms with Crippen molar-refractivity contribution in [3.63, 3.8) is 0 Å². The van der Waals surface area contributed by atoms with Crippen LogP contribution in [0.2, 0.25) is 0 Å². The van der Waals surface area contributed by atoms with E-state index in [0.717, 1.165) is 0 Å². The molecule has 0 aromatic carbocycles. The van der Waals surface area contributed by atoms with Gasteiger partial charge in [0.1, 0.15) is 5.52 Å². The van der Waals surface area contributed by atoms with Gasteiger partial charge < -0.3 is 5.32 Å². The summed E-state index contributed by atoms with van der Waals surface area (Å²) in [5, 5.41) is 10.2. The molecule has 0 aliphatic heterocycles. The van der Waals surface area contributed by atoms with Gasteiger partial charge in [0.05, 0.1) is 5.56 Å². The number of halogens is 2. The van der Waals surface area contributed by atoms with Gasteiger partial charge in [0, 0.05) is 25.2 Å². The highest BCUT2D eigenvalue weighted by atomic mass is 19.3. The van der Waals surface area contributed by atoms with Crippen molar-refractivity contribution in [3.05, 3.63) is 17.8 Å². The molecule has 1 amide bonds. The van der Waals surface area contributed by atoms with Crippen LogP contribution in [0.15, 0.2) is 12.3 Å². The number of alkyl halides is 2. The van der Waals surface area contributed by atoms with Crippen LogP contribution in [-0.2, 0) is 7.05 Å². The van der Waals surface area contributed by atoms with Crippen LogP contribution in [0.25, 0.3) is 11.2 Å². The molecule has 8 heteroatoms. The summed E-state index contributed by atoms with van der Waals surface area (Å²) < 4.78 is 27.0. The van der Waals surface area contributed by atoms with E-state index in [2.05, 4.69) is 20.6 Å². The van der Waals surface area contributed by atoms with E-state index >= 15 is 0 Å². The third kappa shape index (κ3) is 2.00. The lowest BCUT2D eigenvalue weighted by atomic mass is 10.1. The molecule has 1 aliphatic rings. The molecule has 0 unspecified atom stereocenters. The SMILES string of the molecule is Cn1nnc2c(C(=O)NCC3(C(F)F)CC3)ccnc21. The van der Waals surface area contributed by atoms with E-state index in [-0.39, 0.29) is 6.54 Å². The number of carbonyl (C=O) groups is 1. The molecule has 3 rings (SSSR count). The highest BCUT2D eigenvalue weighted by Gasteiger charge is 2.51. The molecular formula is C12H13F2N5O. The van der Waals surface area contributed by atoms with Crippen LogP contribution < -0.4 is 5.32 Å². The molecule has 1 saturated carbocycles. The summed E-state index contributed by atoms with van der Waals surface area (Å²) in [5.41, 5.74) is 0.111. The maximum absolute atomic E-state index is 12.8. The van der Waals surface area contributed by atoms with Gasteiger partial charge in [-0.1, -0.05) is 5.21 Å². The molecule has 20 heavy (non-hydrogen) atoms. The van der Waals surface area contributed by atoms with Crippen molar-refractivity contribution >= 4 is 17.1 Å². The first kappa shape index (κ1) is 12.9. The van der Waals surface area contributed by atoms with Crippen LogP contribution in [0.5, 0.6) is 0 Å². The zero-order chi connectivity index (χ0) is 14.3. The van der Waals surface area contributed by atoms with E-state index in [1.165, 1.54) is 16.9 Å². The predicted molar refractivity (Wildman–Crippen MR) is 66.3 cm³/mol. The maximum Gasteiger partial charge on any atom is 0.253 e. The Morgan fingerprint density at radius 1 is 1.55 bits per heavy atom. The number of amides is 1. The molecule has 0 saturated heterocycles. The minimum absolute atomic E-state index is 0.0203. The van der Waals surface area contributed by atoms with Crippen molar-refractivity contribution in [2.24, 2.45) is 12.5 Å². The van der Waals surface area contributed by atoms with Gasteiger partial charge in [-0.2, -0.15) is 0 Å². The molecule has 2 aromatic heterocycles. The lowest BCUT2D eigenvalue weighted by Crippen LogP contribution is -2.33. The van der Waals surface area contributed by atoms with Gasteiger partial charge in [-0.3, -0.25) is 4.79 Å².